The number of benzene rings is 1. The van der Waals surface area contributed by atoms with Crippen molar-refractivity contribution in [3.05, 3.63) is 35.9 Å². The van der Waals surface area contributed by atoms with Crippen molar-refractivity contribution >= 4 is 0 Å². The van der Waals surface area contributed by atoms with E-state index in [0.29, 0.717) is 6.10 Å². The summed E-state index contributed by atoms with van der Waals surface area (Å²) in [7, 11) is 0. The van der Waals surface area contributed by atoms with Crippen molar-refractivity contribution in [2.24, 2.45) is 0 Å². The molecule has 0 amide bonds. The number of quaternary nitrogens is 1. The van der Waals surface area contributed by atoms with E-state index in [2.05, 4.69) is 30.3 Å². The third-order valence-corrected chi connectivity index (χ3v) is 4.99. The average molecular weight is 274 g/mol. The smallest absolute Gasteiger partial charge is 0.106 e. The Balaban J connectivity index is 1.70. The molecule has 1 atom stereocenters. The zero-order valence-electron chi connectivity index (χ0n) is 12.6. The second-order valence-corrected chi connectivity index (χ2v) is 6.66. The van der Waals surface area contributed by atoms with Gasteiger partial charge in [0.05, 0.1) is 13.1 Å². The summed E-state index contributed by atoms with van der Waals surface area (Å²) in [5.74, 6) is 0. The van der Waals surface area contributed by atoms with E-state index in [4.69, 9.17) is 4.74 Å². The Bertz CT molecular complexity index is 391. The molecule has 110 valence electrons. The van der Waals surface area contributed by atoms with Gasteiger partial charge in [0.15, 0.2) is 0 Å². The van der Waals surface area contributed by atoms with Crippen LogP contribution in [0.2, 0.25) is 0 Å². The monoisotopic (exact) mass is 274 g/mol. The van der Waals surface area contributed by atoms with E-state index in [0.717, 1.165) is 6.61 Å². The van der Waals surface area contributed by atoms with Crippen molar-refractivity contribution in [3.63, 3.8) is 0 Å². The lowest BCUT2D eigenvalue weighted by Gasteiger charge is -2.44. The van der Waals surface area contributed by atoms with Crippen LogP contribution in [0.3, 0.4) is 0 Å². The fourth-order valence-electron chi connectivity index (χ4n) is 3.94. The molecule has 0 aromatic heterocycles. The molecule has 1 aromatic rings. The van der Waals surface area contributed by atoms with Crippen LogP contribution in [0.5, 0.6) is 0 Å². The number of nitrogens with zero attached hydrogens (tertiary/aromatic N) is 1. The summed E-state index contributed by atoms with van der Waals surface area (Å²) in [6.07, 6.45) is 8.59. The van der Waals surface area contributed by atoms with Crippen LogP contribution in [0.4, 0.5) is 0 Å². The highest BCUT2D eigenvalue weighted by atomic mass is 16.5. The van der Waals surface area contributed by atoms with E-state index in [-0.39, 0.29) is 0 Å². The average Bonchev–Trinajstić information content (AvgIpc) is 2.50. The predicted octanol–water partition coefficient (Wildman–Crippen LogP) is 3.76. The number of rotatable bonds is 4. The molecule has 1 unspecified atom stereocenters. The molecule has 2 heteroatoms. The van der Waals surface area contributed by atoms with Gasteiger partial charge in [0, 0.05) is 12.2 Å². The lowest BCUT2D eigenvalue weighted by molar-refractivity contribution is -0.947. The molecule has 0 bridgehead atoms. The third kappa shape index (κ3) is 3.62. The van der Waals surface area contributed by atoms with Gasteiger partial charge < -0.3 is 9.22 Å². The van der Waals surface area contributed by atoms with Gasteiger partial charge in [0.2, 0.25) is 0 Å². The molecule has 3 rings (SSSR count). The van der Waals surface area contributed by atoms with Gasteiger partial charge >= 0.3 is 0 Å². The van der Waals surface area contributed by atoms with E-state index in [1.54, 1.807) is 0 Å². The number of hydrogen-bond acceptors (Lipinski definition) is 1. The lowest BCUT2D eigenvalue weighted by Crippen LogP contribution is -2.55. The predicted molar refractivity (Wildman–Crippen MR) is 82.4 cm³/mol. The van der Waals surface area contributed by atoms with E-state index in [9.17, 15) is 0 Å². The van der Waals surface area contributed by atoms with Gasteiger partial charge in [-0.15, -0.1) is 0 Å². The van der Waals surface area contributed by atoms with Gasteiger partial charge in [0.25, 0.3) is 0 Å². The number of hydrogen-bond donors (Lipinski definition) is 0. The topological polar surface area (TPSA) is 9.23 Å². The highest BCUT2D eigenvalue weighted by molar-refractivity contribution is 5.13. The first kappa shape index (κ1) is 14.1. The van der Waals surface area contributed by atoms with Crippen molar-refractivity contribution in [2.45, 2.75) is 51.2 Å². The van der Waals surface area contributed by atoms with Crippen LogP contribution in [0, 0.1) is 0 Å². The van der Waals surface area contributed by atoms with E-state index >= 15 is 0 Å². The summed E-state index contributed by atoms with van der Waals surface area (Å²) >= 11 is 0. The molecule has 0 radical (unpaired) electrons. The van der Waals surface area contributed by atoms with Crippen LogP contribution >= 0.6 is 0 Å². The third-order valence-electron chi connectivity index (χ3n) is 4.99. The van der Waals surface area contributed by atoms with Gasteiger partial charge in [-0.1, -0.05) is 30.3 Å². The fourth-order valence-corrected chi connectivity index (χ4v) is 3.94. The van der Waals surface area contributed by atoms with Crippen LogP contribution in [-0.2, 0) is 11.3 Å². The molecule has 0 saturated carbocycles. The van der Waals surface area contributed by atoms with E-state index in [1.807, 2.05) is 0 Å². The number of likely N-dealkylation sites (tertiary alicyclic amines) is 1. The van der Waals surface area contributed by atoms with E-state index in [1.165, 1.54) is 74.8 Å². The van der Waals surface area contributed by atoms with Crippen LogP contribution in [0.15, 0.2) is 30.3 Å². The Morgan fingerprint density at radius 1 is 0.950 bits per heavy atom. The van der Waals surface area contributed by atoms with Gasteiger partial charge in [-0.2, -0.15) is 0 Å². The zero-order chi connectivity index (χ0) is 13.7. The van der Waals surface area contributed by atoms with Gasteiger partial charge in [-0.05, 0) is 38.5 Å². The van der Waals surface area contributed by atoms with Crippen molar-refractivity contribution in [3.8, 4) is 0 Å². The van der Waals surface area contributed by atoms with Crippen molar-refractivity contribution in [1.82, 2.24) is 0 Å². The SMILES string of the molecule is c1ccc(C[N+]2(CC3CCCCO3)CCCCC2)cc1. The molecule has 0 spiro atoms. The van der Waals surface area contributed by atoms with Crippen molar-refractivity contribution < 1.29 is 9.22 Å². The molecular formula is C18H28NO+. The molecule has 2 aliphatic heterocycles. The normalized spacial score (nSPS) is 26.3. The summed E-state index contributed by atoms with van der Waals surface area (Å²) in [4.78, 5) is 0. The van der Waals surface area contributed by atoms with Gasteiger partial charge in [-0.3, -0.25) is 0 Å². The zero-order valence-corrected chi connectivity index (χ0v) is 12.6. The molecule has 20 heavy (non-hydrogen) atoms. The highest BCUT2D eigenvalue weighted by Crippen LogP contribution is 2.26. The Morgan fingerprint density at radius 3 is 2.45 bits per heavy atom. The van der Waals surface area contributed by atoms with Crippen molar-refractivity contribution in [1.29, 1.82) is 0 Å². The minimum Gasteiger partial charge on any atom is -0.372 e. The Kier molecular flexibility index (Phi) is 4.74. The molecule has 0 N–H and O–H groups in total. The van der Waals surface area contributed by atoms with Crippen LogP contribution in [0.25, 0.3) is 0 Å². The summed E-state index contributed by atoms with van der Waals surface area (Å²) in [6, 6.07) is 11.0. The summed E-state index contributed by atoms with van der Waals surface area (Å²) in [5.41, 5.74) is 1.49. The molecule has 2 nitrogen and oxygen atoms in total. The standard InChI is InChI=1S/C18H28NO/c1-3-9-17(10-4-1)15-19(12-6-2-7-13-19)16-18-11-5-8-14-20-18/h1,3-4,9-10,18H,2,5-8,11-16H2/q+1. The van der Waals surface area contributed by atoms with Gasteiger partial charge in [-0.25, -0.2) is 0 Å². The molecule has 2 aliphatic rings. The largest absolute Gasteiger partial charge is 0.372 e. The minimum absolute atomic E-state index is 0.505. The fraction of sp³-hybridized carbons (Fsp3) is 0.667. The number of piperidine rings is 1. The van der Waals surface area contributed by atoms with Crippen molar-refractivity contribution in [2.75, 3.05) is 26.2 Å². The summed E-state index contributed by atoms with van der Waals surface area (Å²) < 4.78 is 7.29. The molecule has 1 aromatic carbocycles. The highest BCUT2D eigenvalue weighted by Gasteiger charge is 2.34. The molecule has 2 heterocycles. The maximum atomic E-state index is 6.03. The summed E-state index contributed by atoms with van der Waals surface area (Å²) in [6.45, 7) is 6.09. The Morgan fingerprint density at radius 2 is 1.75 bits per heavy atom. The second kappa shape index (κ2) is 6.73. The minimum atomic E-state index is 0.505. The first-order valence-electron chi connectivity index (χ1n) is 8.37. The van der Waals surface area contributed by atoms with Gasteiger partial charge in [0.1, 0.15) is 19.2 Å². The van der Waals surface area contributed by atoms with Crippen LogP contribution < -0.4 is 0 Å². The Hall–Kier alpha value is -0.860. The maximum Gasteiger partial charge on any atom is 0.106 e. The molecule has 0 aliphatic carbocycles. The second-order valence-electron chi connectivity index (χ2n) is 6.66. The quantitative estimate of drug-likeness (QED) is 0.760. The summed E-state index contributed by atoms with van der Waals surface area (Å²) in [5, 5.41) is 0. The first-order valence-corrected chi connectivity index (χ1v) is 8.37. The molecular weight excluding hydrogens is 246 g/mol. The Labute approximate surface area is 123 Å². The van der Waals surface area contributed by atoms with E-state index < -0.39 is 0 Å². The lowest BCUT2D eigenvalue weighted by atomic mass is 10.0. The molecule has 2 saturated heterocycles. The number of ether oxygens (including phenoxy) is 1. The molecule has 2 fully saturated rings. The first-order chi connectivity index (χ1) is 9.86. The van der Waals surface area contributed by atoms with Crippen LogP contribution in [-0.4, -0.2) is 36.8 Å². The maximum absolute atomic E-state index is 6.03. The van der Waals surface area contributed by atoms with Crippen LogP contribution in [0.1, 0.15) is 44.1 Å².